The zero-order valence-corrected chi connectivity index (χ0v) is 16.2. The second-order valence-corrected chi connectivity index (χ2v) is 7.58. The second kappa shape index (κ2) is 7.29. The third-order valence-corrected chi connectivity index (χ3v) is 5.44. The van der Waals surface area contributed by atoms with Gasteiger partial charge in [-0.2, -0.15) is 0 Å². The molecule has 3 amide bonds. The maximum absolute atomic E-state index is 13.7. The van der Waals surface area contributed by atoms with Crippen molar-refractivity contribution >= 4 is 17.7 Å². The molecule has 0 saturated carbocycles. The quantitative estimate of drug-likeness (QED) is 0.684. The lowest BCUT2D eigenvalue weighted by molar-refractivity contribution is -0.123. The van der Waals surface area contributed by atoms with Crippen LogP contribution in [0.15, 0.2) is 66.3 Å². The van der Waals surface area contributed by atoms with E-state index in [2.05, 4.69) is 17.2 Å². The number of carbonyl (C=O) groups excluding carboxylic acids is 3. The van der Waals surface area contributed by atoms with E-state index in [0.717, 1.165) is 11.1 Å². The Balaban J connectivity index is 1.64. The van der Waals surface area contributed by atoms with E-state index in [9.17, 15) is 18.8 Å². The van der Waals surface area contributed by atoms with Gasteiger partial charge >= 0.3 is 0 Å². The number of nitrogens with two attached hydrogens (primary N) is 1. The highest BCUT2D eigenvalue weighted by Gasteiger charge is 2.49. The zero-order chi connectivity index (χ0) is 21.5. The highest BCUT2D eigenvalue weighted by molar-refractivity contribution is 6.00. The Bertz CT molecular complexity index is 1070. The fourth-order valence-corrected chi connectivity index (χ4v) is 4.08. The van der Waals surface area contributed by atoms with Crippen molar-refractivity contribution in [3.05, 3.63) is 83.0 Å². The third-order valence-electron chi connectivity index (χ3n) is 5.44. The predicted octanol–water partition coefficient (Wildman–Crippen LogP) is 1.34. The van der Waals surface area contributed by atoms with E-state index in [1.807, 2.05) is 0 Å². The standard InChI is InChI=1S/C22H21FN4O3/c1-13-25-21(30)22(26-13,16-3-2-4-17(23)7-6-16)12-27-11-15-9-14(10-19(24)28)5-8-18(15)20(27)29/h3-9,26H,1-2,10-12H2,(H2,24,28)(H,25,30). The third kappa shape index (κ3) is 3.41. The molecule has 0 aromatic heterocycles. The van der Waals surface area contributed by atoms with Crippen LogP contribution in [0.2, 0.25) is 0 Å². The van der Waals surface area contributed by atoms with Crippen LogP contribution < -0.4 is 16.4 Å². The summed E-state index contributed by atoms with van der Waals surface area (Å²) >= 11 is 0. The number of nitrogens with zero attached hydrogens (tertiary/aromatic N) is 1. The molecule has 2 heterocycles. The van der Waals surface area contributed by atoms with E-state index in [-0.39, 0.29) is 37.2 Å². The maximum atomic E-state index is 13.7. The summed E-state index contributed by atoms with van der Waals surface area (Å²) < 4.78 is 13.7. The normalized spacial score (nSPS) is 22.8. The summed E-state index contributed by atoms with van der Waals surface area (Å²) in [6.07, 6.45) is 6.42. The lowest BCUT2D eigenvalue weighted by atomic mass is 9.87. The molecule has 1 fully saturated rings. The molecular formula is C22H21FN4O3. The van der Waals surface area contributed by atoms with Crippen LogP contribution in [-0.2, 0) is 22.6 Å². The predicted molar refractivity (Wildman–Crippen MR) is 108 cm³/mol. The van der Waals surface area contributed by atoms with E-state index in [1.54, 1.807) is 35.3 Å². The summed E-state index contributed by atoms with van der Waals surface area (Å²) in [6, 6.07) is 5.16. The molecule has 0 radical (unpaired) electrons. The Hall–Kier alpha value is -3.68. The number of hydrogen-bond donors (Lipinski definition) is 3. The topological polar surface area (TPSA) is 105 Å². The van der Waals surface area contributed by atoms with Gasteiger partial charge in [0.1, 0.15) is 5.83 Å². The monoisotopic (exact) mass is 408 g/mol. The number of carbonyl (C=O) groups is 3. The summed E-state index contributed by atoms with van der Waals surface area (Å²) in [6.45, 7) is 4.10. The minimum Gasteiger partial charge on any atom is -0.369 e. The fraction of sp³-hybridized carbons (Fsp3) is 0.227. The van der Waals surface area contributed by atoms with Crippen LogP contribution in [-0.4, -0.2) is 34.7 Å². The molecule has 2 aliphatic heterocycles. The summed E-state index contributed by atoms with van der Waals surface area (Å²) in [5.74, 6) is -1.10. The minimum atomic E-state index is -1.28. The van der Waals surface area contributed by atoms with Crippen LogP contribution in [0.3, 0.4) is 0 Å². The van der Waals surface area contributed by atoms with Crippen LogP contribution >= 0.6 is 0 Å². The van der Waals surface area contributed by atoms with Crippen molar-refractivity contribution in [1.82, 2.24) is 15.5 Å². The number of amides is 3. The highest BCUT2D eigenvalue weighted by atomic mass is 19.1. The molecule has 1 aliphatic carbocycles. The largest absolute Gasteiger partial charge is 0.369 e. The molecule has 1 saturated heterocycles. The van der Waals surface area contributed by atoms with Crippen LogP contribution in [0.1, 0.15) is 27.9 Å². The van der Waals surface area contributed by atoms with Gasteiger partial charge in [0, 0.05) is 12.1 Å². The SMILES string of the molecule is C=C1NC(=O)C(CN2Cc3cc(CC(N)=O)ccc3C2=O)(C2=CCC=C(F)C=C2)N1. The van der Waals surface area contributed by atoms with Gasteiger partial charge in [0.15, 0.2) is 5.54 Å². The Labute approximate surface area is 172 Å². The second-order valence-electron chi connectivity index (χ2n) is 7.58. The number of nitrogens with one attached hydrogen (secondary N) is 2. The molecule has 0 bridgehead atoms. The van der Waals surface area contributed by atoms with Crippen molar-refractivity contribution < 1.29 is 18.8 Å². The van der Waals surface area contributed by atoms with E-state index < -0.39 is 11.4 Å². The zero-order valence-electron chi connectivity index (χ0n) is 16.2. The minimum absolute atomic E-state index is 0.0360. The Kier molecular flexibility index (Phi) is 4.77. The van der Waals surface area contributed by atoms with Crippen molar-refractivity contribution in [1.29, 1.82) is 0 Å². The van der Waals surface area contributed by atoms with Crippen molar-refractivity contribution in [2.75, 3.05) is 6.54 Å². The van der Waals surface area contributed by atoms with Gasteiger partial charge in [-0.3, -0.25) is 14.4 Å². The average Bonchev–Trinajstić information content (AvgIpc) is 3.01. The van der Waals surface area contributed by atoms with Gasteiger partial charge in [0.25, 0.3) is 11.8 Å². The molecule has 4 N–H and O–H groups in total. The summed E-state index contributed by atoms with van der Waals surface area (Å²) in [5, 5.41) is 5.72. The molecule has 1 aromatic carbocycles. The number of rotatable bonds is 5. The summed E-state index contributed by atoms with van der Waals surface area (Å²) in [5.41, 5.74) is 6.56. The Morgan fingerprint density at radius 1 is 1.27 bits per heavy atom. The number of benzene rings is 1. The molecule has 7 nitrogen and oxygen atoms in total. The average molecular weight is 408 g/mol. The first-order valence-electron chi connectivity index (χ1n) is 9.51. The van der Waals surface area contributed by atoms with E-state index >= 15 is 0 Å². The molecule has 1 unspecified atom stereocenters. The van der Waals surface area contributed by atoms with Crippen molar-refractivity contribution in [2.45, 2.75) is 24.9 Å². The lowest BCUT2D eigenvalue weighted by Crippen LogP contribution is -2.56. The van der Waals surface area contributed by atoms with Crippen LogP contribution in [0.5, 0.6) is 0 Å². The van der Waals surface area contributed by atoms with Crippen LogP contribution in [0.4, 0.5) is 4.39 Å². The first-order valence-corrected chi connectivity index (χ1v) is 9.51. The molecule has 30 heavy (non-hydrogen) atoms. The van der Waals surface area contributed by atoms with Gasteiger partial charge < -0.3 is 21.3 Å². The lowest BCUT2D eigenvalue weighted by Gasteiger charge is -2.32. The molecule has 1 atom stereocenters. The van der Waals surface area contributed by atoms with E-state index in [1.165, 1.54) is 12.2 Å². The highest BCUT2D eigenvalue weighted by Crippen LogP contribution is 2.32. The van der Waals surface area contributed by atoms with Crippen LogP contribution in [0, 0.1) is 0 Å². The van der Waals surface area contributed by atoms with Crippen molar-refractivity contribution in [3.63, 3.8) is 0 Å². The summed E-state index contributed by atoms with van der Waals surface area (Å²) in [7, 11) is 0. The van der Waals surface area contributed by atoms with Gasteiger partial charge in [0.05, 0.1) is 18.8 Å². The van der Waals surface area contributed by atoms with Crippen molar-refractivity contribution in [3.8, 4) is 0 Å². The van der Waals surface area contributed by atoms with Gasteiger partial charge in [0.2, 0.25) is 5.91 Å². The van der Waals surface area contributed by atoms with Gasteiger partial charge in [-0.15, -0.1) is 0 Å². The number of primary amides is 1. The first kappa shape index (κ1) is 19.6. The maximum Gasteiger partial charge on any atom is 0.257 e. The molecule has 1 aromatic rings. The number of fused-ring (bicyclic) bond motifs is 1. The molecule has 4 rings (SSSR count). The van der Waals surface area contributed by atoms with Gasteiger partial charge in [-0.25, -0.2) is 4.39 Å². The Morgan fingerprint density at radius 2 is 2.07 bits per heavy atom. The Morgan fingerprint density at radius 3 is 2.77 bits per heavy atom. The number of hydrogen-bond acceptors (Lipinski definition) is 4. The van der Waals surface area contributed by atoms with Gasteiger partial charge in [-0.05, 0) is 41.3 Å². The number of halogens is 1. The molecular weight excluding hydrogens is 387 g/mol. The smallest absolute Gasteiger partial charge is 0.257 e. The molecule has 154 valence electrons. The van der Waals surface area contributed by atoms with Crippen molar-refractivity contribution in [2.24, 2.45) is 5.73 Å². The summed E-state index contributed by atoms with van der Waals surface area (Å²) in [4.78, 5) is 38.7. The fourth-order valence-electron chi connectivity index (χ4n) is 4.08. The van der Waals surface area contributed by atoms with Crippen LogP contribution in [0.25, 0.3) is 0 Å². The first-order chi connectivity index (χ1) is 14.3. The molecule has 8 heteroatoms. The van der Waals surface area contributed by atoms with E-state index in [0.29, 0.717) is 23.4 Å². The number of allylic oxidation sites excluding steroid dienone is 4. The van der Waals surface area contributed by atoms with Gasteiger partial charge in [-0.1, -0.05) is 30.9 Å². The molecule has 3 aliphatic rings. The van der Waals surface area contributed by atoms with E-state index in [4.69, 9.17) is 5.73 Å². The molecule has 0 spiro atoms.